The smallest absolute Gasteiger partial charge is 0.257 e. The van der Waals surface area contributed by atoms with Gasteiger partial charge >= 0.3 is 0 Å². The van der Waals surface area contributed by atoms with E-state index < -0.39 is 0 Å². The fourth-order valence-electron chi connectivity index (χ4n) is 5.01. The van der Waals surface area contributed by atoms with E-state index in [0.717, 1.165) is 61.1 Å². The third-order valence-electron chi connectivity index (χ3n) is 7.52. The van der Waals surface area contributed by atoms with Gasteiger partial charge in [-0.25, -0.2) is 0 Å². The molecule has 7 nitrogen and oxygen atoms in total. The first-order chi connectivity index (χ1) is 15.9. The fourth-order valence-corrected chi connectivity index (χ4v) is 5.01. The van der Waals surface area contributed by atoms with Crippen LogP contribution in [0.15, 0.2) is 24.4 Å². The normalized spacial score (nSPS) is 20.8. The zero-order valence-electron chi connectivity index (χ0n) is 20.0. The first-order valence-electron chi connectivity index (χ1n) is 12.2. The van der Waals surface area contributed by atoms with Crippen LogP contribution in [0.1, 0.15) is 49.9 Å². The van der Waals surface area contributed by atoms with E-state index in [9.17, 15) is 9.59 Å². The Labute approximate surface area is 195 Å². The van der Waals surface area contributed by atoms with Crippen molar-refractivity contribution in [3.8, 4) is 5.75 Å². The van der Waals surface area contributed by atoms with Crippen molar-refractivity contribution in [2.75, 3.05) is 51.3 Å². The van der Waals surface area contributed by atoms with E-state index in [-0.39, 0.29) is 17.7 Å². The summed E-state index contributed by atoms with van der Waals surface area (Å²) in [4.78, 5) is 37.0. The molecule has 1 aliphatic carbocycles. The van der Waals surface area contributed by atoms with Crippen LogP contribution in [0.3, 0.4) is 0 Å². The molecule has 0 bridgehead atoms. The zero-order chi connectivity index (χ0) is 23.2. The van der Waals surface area contributed by atoms with Crippen molar-refractivity contribution in [1.82, 2.24) is 14.8 Å². The first-order valence-corrected chi connectivity index (χ1v) is 12.2. The van der Waals surface area contributed by atoms with Crippen molar-refractivity contribution >= 4 is 28.4 Å². The van der Waals surface area contributed by atoms with Gasteiger partial charge in [-0.2, -0.15) is 0 Å². The van der Waals surface area contributed by atoms with Crippen molar-refractivity contribution in [3.05, 3.63) is 30.0 Å². The third-order valence-corrected chi connectivity index (χ3v) is 7.52. The highest BCUT2D eigenvalue weighted by Gasteiger charge is 2.36. The summed E-state index contributed by atoms with van der Waals surface area (Å²) < 4.78 is 5.49. The van der Waals surface area contributed by atoms with Gasteiger partial charge in [0.05, 0.1) is 23.9 Å². The molecule has 0 atom stereocenters. The Morgan fingerprint density at radius 2 is 1.67 bits per heavy atom. The lowest BCUT2D eigenvalue weighted by atomic mass is 9.82. The molecular formula is C26H34N4O3. The summed E-state index contributed by atoms with van der Waals surface area (Å²) >= 11 is 0. The van der Waals surface area contributed by atoms with Crippen LogP contribution in [0.5, 0.6) is 5.75 Å². The molecule has 2 saturated heterocycles. The number of amides is 2. The van der Waals surface area contributed by atoms with E-state index in [2.05, 4.69) is 23.7 Å². The van der Waals surface area contributed by atoms with Gasteiger partial charge in [-0.15, -0.1) is 0 Å². The molecule has 0 unspecified atom stereocenters. The Morgan fingerprint density at radius 1 is 1.00 bits per heavy atom. The third kappa shape index (κ3) is 4.37. The molecule has 7 heteroatoms. The minimum absolute atomic E-state index is 0.00516. The average Bonchev–Trinajstić information content (AvgIpc) is 3.68. The van der Waals surface area contributed by atoms with Crippen LogP contribution in [0.4, 0.5) is 5.69 Å². The summed E-state index contributed by atoms with van der Waals surface area (Å²) in [5, 5.41) is 0.961. The number of ether oxygens (including phenoxy) is 1. The largest absolute Gasteiger partial charge is 0.497 e. The maximum Gasteiger partial charge on any atom is 0.257 e. The Morgan fingerprint density at radius 3 is 2.30 bits per heavy atom. The molecule has 3 fully saturated rings. The number of rotatable bonds is 4. The predicted molar refractivity (Wildman–Crippen MR) is 129 cm³/mol. The number of hydrogen-bond acceptors (Lipinski definition) is 5. The van der Waals surface area contributed by atoms with Crippen LogP contribution in [0, 0.1) is 11.3 Å². The molecule has 2 aromatic rings. The number of carbonyl (C=O) groups excluding carboxylic acids is 2. The molecule has 1 aromatic carbocycles. The second-order valence-corrected chi connectivity index (χ2v) is 10.4. The first kappa shape index (κ1) is 22.0. The van der Waals surface area contributed by atoms with Crippen molar-refractivity contribution in [2.24, 2.45) is 11.3 Å². The Bertz CT molecular complexity index is 1060. The number of nitrogens with zero attached hydrogens (tertiary/aromatic N) is 4. The van der Waals surface area contributed by atoms with Gasteiger partial charge in [0.15, 0.2) is 0 Å². The Kier molecular flexibility index (Phi) is 5.67. The van der Waals surface area contributed by atoms with Gasteiger partial charge in [-0.05, 0) is 49.3 Å². The minimum Gasteiger partial charge on any atom is -0.497 e. The molecule has 3 aliphatic rings. The van der Waals surface area contributed by atoms with Crippen LogP contribution in [0.25, 0.3) is 10.9 Å². The van der Waals surface area contributed by atoms with E-state index >= 15 is 0 Å². The number of benzene rings is 1. The number of fused-ring (bicyclic) bond motifs is 1. The lowest BCUT2D eigenvalue weighted by Crippen LogP contribution is -2.51. The van der Waals surface area contributed by atoms with Crippen molar-refractivity contribution < 1.29 is 14.3 Å². The van der Waals surface area contributed by atoms with Crippen LogP contribution in [-0.4, -0.2) is 73.0 Å². The van der Waals surface area contributed by atoms with Gasteiger partial charge in [0.1, 0.15) is 5.75 Å². The predicted octanol–water partition coefficient (Wildman–Crippen LogP) is 3.56. The summed E-state index contributed by atoms with van der Waals surface area (Å²) in [6.45, 7) is 8.81. The van der Waals surface area contributed by atoms with Crippen molar-refractivity contribution in [2.45, 2.75) is 39.5 Å². The van der Waals surface area contributed by atoms with Crippen molar-refractivity contribution in [1.29, 1.82) is 0 Å². The van der Waals surface area contributed by atoms with E-state index in [1.807, 2.05) is 28.0 Å². The molecule has 0 spiro atoms. The summed E-state index contributed by atoms with van der Waals surface area (Å²) in [7, 11) is 1.66. The molecule has 2 aliphatic heterocycles. The lowest BCUT2D eigenvalue weighted by molar-refractivity contribution is -0.134. The number of carbonyl (C=O) groups is 2. The number of anilines is 1. The molecule has 0 N–H and O–H groups in total. The van der Waals surface area contributed by atoms with E-state index in [1.165, 1.54) is 0 Å². The SMILES string of the molecule is COc1ccc2ncc(C(=O)N3CCN(C(=O)C4CC4)CC3)c(N3CCC(C)(C)CC3)c2c1. The van der Waals surface area contributed by atoms with E-state index in [0.29, 0.717) is 37.2 Å². The van der Waals surface area contributed by atoms with Gasteiger partial charge < -0.3 is 19.4 Å². The standard InChI is InChI=1S/C26H34N4O3/c1-26(2)8-10-28(11-9-26)23-20-16-19(33-3)6-7-22(20)27-17-21(23)25(32)30-14-12-29(13-15-30)24(31)18-4-5-18/h6-7,16-18H,4-5,8-15H2,1-3H3. The molecule has 0 radical (unpaired) electrons. The molecule has 33 heavy (non-hydrogen) atoms. The van der Waals surface area contributed by atoms with E-state index in [4.69, 9.17) is 4.74 Å². The Balaban J connectivity index is 1.45. The van der Waals surface area contributed by atoms with Crippen LogP contribution in [0.2, 0.25) is 0 Å². The van der Waals surface area contributed by atoms with Crippen LogP contribution < -0.4 is 9.64 Å². The topological polar surface area (TPSA) is 66.0 Å². The average molecular weight is 451 g/mol. The molecule has 1 saturated carbocycles. The summed E-state index contributed by atoms with van der Waals surface area (Å²) in [6, 6.07) is 5.87. The van der Waals surface area contributed by atoms with Gasteiger partial charge in [-0.3, -0.25) is 14.6 Å². The maximum atomic E-state index is 13.7. The molecule has 1 aromatic heterocycles. The maximum absolute atomic E-state index is 13.7. The molecule has 176 valence electrons. The number of methoxy groups -OCH3 is 1. The lowest BCUT2D eigenvalue weighted by Gasteiger charge is -2.40. The second kappa shape index (κ2) is 8.50. The van der Waals surface area contributed by atoms with Gasteiger partial charge in [0.2, 0.25) is 5.91 Å². The number of hydrogen-bond donors (Lipinski definition) is 0. The highest BCUT2D eigenvalue weighted by Crippen LogP contribution is 2.38. The molecule has 2 amide bonds. The number of aromatic nitrogens is 1. The number of piperidine rings is 1. The van der Waals surface area contributed by atoms with E-state index in [1.54, 1.807) is 13.3 Å². The van der Waals surface area contributed by atoms with Gasteiger partial charge in [0.25, 0.3) is 5.91 Å². The molecule has 5 rings (SSSR count). The monoisotopic (exact) mass is 450 g/mol. The van der Waals surface area contributed by atoms with Crippen LogP contribution in [-0.2, 0) is 4.79 Å². The quantitative estimate of drug-likeness (QED) is 0.713. The van der Waals surface area contributed by atoms with Crippen molar-refractivity contribution in [3.63, 3.8) is 0 Å². The molecule has 3 heterocycles. The van der Waals surface area contributed by atoms with Gasteiger partial charge in [-0.1, -0.05) is 13.8 Å². The van der Waals surface area contributed by atoms with Crippen LogP contribution >= 0.6 is 0 Å². The highest BCUT2D eigenvalue weighted by molar-refractivity contribution is 6.07. The Hall–Kier alpha value is -2.83. The minimum atomic E-state index is 0.00516. The summed E-state index contributed by atoms with van der Waals surface area (Å²) in [5.41, 5.74) is 2.80. The number of pyridine rings is 1. The number of piperazine rings is 1. The zero-order valence-corrected chi connectivity index (χ0v) is 20.0. The summed E-state index contributed by atoms with van der Waals surface area (Å²) in [6.07, 6.45) is 5.93. The highest BCUT2D eigenvalue weighted by atomic mass is 16.5. The fraction of sp³-hybridized carbons (Fsp3) is 0.577. The van der Waals surface area contributed by atoms with Gasteiger partial charge in [0, 0.05) is 56.8 Å². The molecular weight excluding hydrogens is 416 g/mol. The summed E-state index contributed by atoms with van der Waals surface area (Å²) in [5.74, 6) is 1.25. The second-order valence-electron chi connectivity index (χ2n) is 10.4.